The normalized spacial score (nSPS) is 16.9. The van der Waals surface area contributed by atoms with Gasteiger partial charge in [-0.2, -0.15) is 5.26 Å². The molecule has 0 spiro atoms. The third kappa shape index (κ3) is 3.30. The largest absolute Gasteiger partial charge is 0.341 e. The molecular weight excluding hydrogens is 374 g/mol. The lowest BCUT2D eigenvalue weighted by molar-refractivity contribution is 0.112. The summed E-state index contributed by atoms with van der Waals surface area (Å²) in [7, 11) is 0. The van der Waals surface area contributed by atoms with Gasteiger partial charge in [-0.3, -0.25) is 14.2 Å². The van der Waals surface area contributed by atoms with Crippen molar-refractivity contribution in [2.24, 2.45) is 5.73 Å². The fourth-order valence-corrected chi connectivity index (χ4v) is 4.45. The minimum Gasteiger partial charge on any atom is -0.341 e. The molecule has 1 atom stereocenters. The SMILES string of the molecule is N#Cc1ccccc1Cn1c(N2CCC[C@@H](N)C2)nc2cc(C=O)sc2c1=O. The maximum absolute atomic E-state index is 13.3. The van der Waals surface area contributed by atoms with E-state index >= 15 is 0 Å². The summed E-state index contributed by atoms with van der Waals surface area (Å²) in [6, 6.07) is 11.1. The molecule has 2 aromatic heterocycles. The van der Waals surface area contributed by atoms with Crippen LogP contribution in [0.2, 0.25) is 0 Å². The summed E-state index contributed by atoms with van der Waals surface area (Å²) in [5.74, 6) is 0.538. The molecule has 1 aliphatic heterocycles. The molecule has 1 aliphatic rings. The minimum atomic E-state index is -0.204. The smallest absolute Gasteiger partial charge is 0.273 e. The number of fused-ring (bicyclic) bond motifs is 1. The van der Waals surface area contributed by atoms with Crippen LogP contribution in [0.3, 0.4) is 0 Å². The number of aromatic nitrogens is 2. The molecule has 142 valence electrons. The molecule has 0 aliphatic carbocycles. The van der Waals surface area contributed by atoms with Gasteiger partial charge >= 0.3 is 0 Å². The molecule has 3 aromatic rings. The fraction of sp³-hybridized carbons (Fsp3) is 0.300. The van der Waals surface area contributed by atoms with Gasteiger partial charge in [0, 0.05) is 19.1 Å². The highest BCUT2D eigenvalue weighted by molar-refractivity contribution is 7.20. The highest BCUT2D eigenvalue weighted by atomic mass is 32.1. The molecule has 0 saturated carbocycles. The molecule has 0 bridgehead atoms. The first-order valence-corrected chi connectivity index (χ1v) is 9.90. The molecule has 0 unspecified atom stereocenters. The summed E-state index contributed by atoms with van der Waals surface area (Å²) in [5, 5.41) is 9.41. The minimum absolute atomic E-state index is 0.0224. The van der Waals surface area contributed by atoms with Crippen molar-refractivity contribution in [3.05, 3.63) is 56.7 Å². The quantitative estimate of drug-likeness (QED) is 0.681. The lowest BCUT2D eigenvalue weighted by atomic mass is 10.1. The number of nitriles is 1. The summed E-state index contributed by atoms with van der Waals surface area (Å²) in [5.41, 5.74) is 7.74. The number of rotatable bonds is 4. The summed E-state index contributed by atoms with van der Waals surface area (Å²) in [6.07, 6.45) is 2.60. The molecule has 0 amide bonds. The second kappa shape index (κ2) is 7.54. The van der Waals surface area contributed by atoms with Gasteiger partial charge in [0.1, 0.15) is 4.70 Å². The highest BCUT2D eigenvalue weighted by Gasteiger charge is 2.23. The Balaban J connectivity index is 1.90. The predicted molar refractivity (Wildman–Crippen MR) is 109 cm³/mol. The Labute approximate surface area is 165 Å². The summed E-state index contributed by atoms with van der Waals surface area (Å²) >= 11 is 1.14. The molecule has 1 aromatic carbocycles. The lowest BCUT2D eigenvalue weighted by Crippen LogP contribution is -2.45. The first-order chi connectivity index (χ1) is 13.6. The first kappa shape index (κ1) is 18.3. The Morgan fingerprint density at radius 3 is 2.96 bits per heavy atom. The van der Waals surface area contributed by atoms with Crippen LogP contribution in [0.15, 0.2) is 35.1 Å². The third-order valence-electron chi connectivity index (χ3n) is 4.96. The van der Waals surface area contributed by atoms with Crippen molar-refractivity contribution in [1.82, 2.24) is 9.55 Å². The number of nitrogens with zero attached hydrogens (tertiary/aromatic N) is 4. The average molecular weight is 393 g/mol. The van der Waals surface area contributed by atoms with Crippen molar-refractivity contribution in [2.45, 2.75) is 25.4 Å². The van der Waals surface area contributed by atoms with Crippen molar-refractivity contribution < 1.29 is 4.79 Å². The van der Waals surface area contributed by atoms with Crippen LogP contribution in [0.4, 0.5) is 5.95 Å². The van der Waals surface area contributed by atoms with Gasteiger partial charge in [-0.15, -0.1) is 11.3 Å². The summed E-state index contributed by atoms with van der Waals surface area (Å²) in [6.45, 7) is 1.61. The van der Waals surface area contributed by atoms with Crippen LogP contribution in [0.5, 0.6) is 0 Å². The number of carbonyl (C=O) groups excluding carboxylic acids is 1. The maximum Gasteiger partial charge on any atom is 0.273 e. The van der Waals surface area contributed by atoms with Gasteiger partial charge in [-0.05, 0) is 30.5 Å². The topological polar surface area (TPSA) is 105 Å². The van der Waals surface area contributed by atoms with Crippen molar-refractivity contribution in [2.75, 3.05) is 18.0 Å². The van der Waals surface area contributed by atoms with Crippen molar-refractivity contribution in [3.63, 3.8) is 0 Å². The predicted octanol–water partition coefficient (Wildman–Crippen LogP) is 2.12. The van der Waals surface area contributed by atoms with Crippen LogP contribution in [-0.4, -0.2) is 35.0 Å². The van der Waals surface area contributed by atoms with Crippen LogP contribution < -0.4 is 16.2 Å². The molecular formula is C20H19N5O2S. The maximum atomic E-state index is 13.3. The van der Waals surface area contributed by atoms with E-state index in [0.717, 1.165) is 42.6 Å². The molecule has 4 rings (SSSR count). The van der Waals surface area contributed by atoms with Crippen molar-refractivity contribution in [1.29, 1.82) is 5.26 Å². The van der Waals surface area contributed by atoms with E-state index in [2.05, 4.69) is 6.07 Å². The van der Waals surface area contributed by atoms with E-state index in [0.29, 0.717) is 33.2 Å². The Bertz CT molecular complexity index is 1140. The van der Waals surface area contributed by atoms with E-state index in [1.807, 2.05) is 17.0 Å². The van der Waals surface area contributed by atoms with Crippen LogP contribution >= 0.6 is 11.3 Å². The third-order valence-corrected chi connectivity index (χ3v) is 5.99. The molecule has 28 heavy (non-hydrogen) atoms. The Morgan fingerprint density at radius 2 is 2.21 bits per heavy atom. The average Bonchev–Trinajstić information content (AvgIpc) is 3.14. The van der Waals surface area contributed by atoms with Crippen LogP contribution in [-0.2, 0) is 6.54 Å². The molecule has 1 saturated heterocycles. The van der Waals surface area contributed by atoms with Crippen LogP contribution in [0, 0.1) is 11.3 Å². The number of thiophene rings is 1. The first-order valence-electron chi connectivity index (χ1n) is 9.09. The van der Waals surface area contributed by atoms with E-state index in [1.54, 1.807) is 22.8 Å². The van der Waals surface area contributed by atoms with E-state index in [-0.39, 0.29) is 18.1 Å². The van der Waals surface area contributed by atoms with E-state index in [4.69, 9.17) is 10.7 Å². The van der Waals surface area contributed by atoms with Gasteiger partial charge in [0.05, 0.1) is 28.6 Å². The zero-order valence-electron chi connectivity index (χ0n) is 15.2. The monoisotopic (exact) mass is 393 g/mol. The standard InChI is InChI=1S/C20H19N5O2S/c21-9-13-4-1-2-5-14(13)10-25-19(27)18-17(8-16(12-26)28-18)23-20(25)24-7-3-6-15(22)11-24/h1-2,4-5,8,12,15H,3,6-7,10-11,22H2/t15-/m1/s1. The van der Waals surface area contributed by atoms with Crippen LogP contribution in [0.1, 0.15) is 33.6 Å². The second-order valence-corrected chi connectivity index (χ2v) is 7.99. The molecule has 8 heteroatoms. The van der Waals surface area contributed by atoms with E-state index in [1.165, 1.54) is 0 Å². The number of hydrogen-bond acceptors (Lipinski definition) is 7. The van der Waals surface area contributed by atoms with E-state index in [9.17, 15) is 14.9 Å². The number of anilines is 1. The van der Waals surface area contributed by atoms with Crippen LogP contribution in [0.25, 0.3) is 10.2 Å². The molecule has 1 fully saturated rings. The molecule has 7 nitrogen and oxygen atoms in total. The Kier molecular flexibility index (Phi) is 4.94. The van der Waals surface area contributed by atoms with Gasteiger partial charge in [-0.1, -0.05) is 18.2 Å². The molecule has 0 radical (unpaired) electrons. The van der Waals surface area contributed by atoms with Gasteiger partial charge in [0.2, 0.25) is 5.95 Å². The number of piperidine rings is 1. The van der Waals surface area contributed by atoms with Gasteiger partial charge in [-0.25, -0.2) is 4.98 Å². The summed E-state index contributed by atoms with van der Waals surface area (Å²) < 4.78 is 2.04. The number of aldehydes is 1. The lowest BCUT2D eigenvalue weighted by Gasteiger charge is -2.33. The van der Waals surface area contributed by atoms with Gasteiger partial charge < -0.3 is 10.6 Å². The number of nitrogens with two attached hydrogens (primary N) is 1. The zero-order valence-corrected chi connectivity index (χ0v) is 16.0. The second-order valence-electron chi connectivity index (χ2n) is 6.90. The van der Waals surface area contributed by atoms with Crippen molar-refractivity contribution in [3.8, 4) is 6.07 Å². The Morgan fingerprint density at radius 1 is 1.39 bits per heavy atom. The molecule has 2 N–H and O–H groups in total. The number of carbonyl (C=O) groups is 1. The molecule has 3 heterocycles. The van der Waals surface area contributed by atoms with E-state index < -0.39 is 0 Å². The Hall–Kier alpha value is -3.02. The number of hydrogen-bond donors (Lipinski definition) is 1. The summed E-state index contributed by atoms with van der Waals surface area (Å²) in [4.78, 5) is 31.7. The fourth-order valence-electron chi connectivity index (χ4n) is 3.59. The zero-order chi connectivity index (χ0) is 19.7. The van der Waals surface area contributed by atoms with Gasteiger partial charge in [0.15, 0.2) is 6.29 Å². The number of benzene rings is 1. The van der Waals surface area contributed by atoms with Gasteiger partial charge in [0.25, 0.3) is 5.56 Å². The highest BCUT2D eigenvalue weighted by Crippen LogP contribution is 2.25. The van der Waals surface area contributed by atoms with Crippen molar-refractivity contribution >= 4 is 33.8 Å².